The molecule has 2 aliphatic rings. The second-order valence-electron chi connectivity index (χ2n) is 9.48. The summed E-state index contributed by atoms with van der Waals surface area (Å²) in [5.74, 6) is -1.39. The zero-order valence-electron chi connectivity index (χ0n) is 21.2. The molecule has 2 aliphatic carbocycles. The maximum Gasteiger partial charge on any atom is 0.295 e. The summed E-state index contributed by atoms with van der Waals surface area (Å²) in [6, 6.07) is 20.0. The topological polar surface area (TPSA) is 131 Å². The van der Waals surface area contributed by atoms with E-state index in [1.807, 2.05) is 54.6 Å². The molecule has 0 heterocycles. The van der Waals surface area contributed by atoms with E-state index in [0.717, 1.165) is 53.5 Å². The van der Waals surface area contributed by atoms with E-state index in [2.05, 4.69) is 10.5 Å². The van der Waals surface area contributed by atoms with E-state index in [-0.39, 0.29) is 12.1 Å². The first-order valence-corrected chi connectivity index (χ1v) is 14.0. The fourth-order valence-corrected chi connectivity index (χ4v) is 5.71. The molecular weight excluding hydrogens is 535 g/mol. The molecule has 9 nitrogen and oxygen atoms in total. The number of hydrogen-bond acceptors (Lipinski definition) is 7. The Balaban J connectivity index is 1.33. The molecule has 0 spiro atoms. The zero-order chi connectivity index (χ0) is 28.3. The minimum atomic E-state index is -4.62. The summed E-state index contributed by atoms with van der Waals surface area (Å²) in [4.78, 5) is 23.2. The van der Waals surface area contributed by atoms with Crippen LogP contribution >= 0.6 is 0 Å². The number of fused-ring (bicyclic) bond motifs is 1. The molecule has 3 aromatic rings. The van der Waals surface area contributed by atoms with Crippen LogP contribution in [0.1, 0.15) is 36.0 Å². The van der Waals surface area contributed by atoms with Gasteiger partial charge in [-0.25, -0.2) is 17.5 Å². The summed E-state index contributed by atoms with van der Waals surface area (Å²) in [5.41, 5.74) is 3.83. The first-order chi connectivity index (χ1) is 19.2. The third-order valence-electron chi connectivity index (χ3n) is 6.83. The number of benzene rings is 3. The van der Waals surface area contributed by atoms with Gasteiger partial charge in [-0.3, -0.25) is 20.3 Å². The Morgan fingerprint density at radius 1 is 1.02 bits per heavy atom. The van der Waals surface area contributed by atoms with Gasteiger partial charge in [-0.1, -0.05) is 66.7 Å². The predicted molar refractivity (Wildman–Crippen MR) is 150 cm³/mol. The lowest BCUT2D eigenvalue weighted by atomic mass is 9.90. The number of amides is 1. The lowest BCUT2D eigenvalue weighted by Crippen LogP contribution is -2.45. The summed E-state index contributed by atoms with van der Waals surface area (Å²) in [6.45, 7) is 0. The Hall–Kier alpha value is -4.64. The minimum Gasteiger partial charge on any atom is -0.271 e. The molecule has 0 aromatic heterocycles. The van der Waals surface area contributed by atoms with Gasteiger partial charge in [0.1, 0.15) is 5.69 Å². The van der Waals surface area contributed by atoms with Gasteiger partial charge in [0.2, 0.25) is 5.67 Å². The second kappa shape index (κ2) is 10.9. The highest BCUT2D eigenvalue weighted by atomic mass is 32.2. The van der Waals surface area contributed by atoms with E-state index in [9.17, 15) is 23.3 Å². The summed E-state index contributed by atoms with van der Waals surface area (Å²) >= 11 is 0. The quantitative estimate of drug-likeness (QED) is 0.298. The van der Waals surface area contributed by atoms with Gasteiger partial charge in [0.15, 0.2) is 0 Å². The molecular formula is C29H25FN4O5S. The van der Waals surface area contributed by atoms with E-state index in [4.69, 9.17) is 0 Å². The van der Waals surface area contributed by atoms with Crippen molar-refractivity contribution in [1.82, 2.24) is 4.72 Å². The molecule has 0 radical (unpaired) electrons. The number of nitro benzene ring substituents is 1. The van der Waals surface area contributed by atoms with E-state index >= 15 is 4.39 Å². The molecule has 0 saturated carbocycles. The van der Waals surface area contributed by atoms with Crippen molar-refractivity contribution in [2.75, 3.05) is 5.43 Å². The van der Waals surface area contributed by atoms with Crippen LogP contribution in [0.5, 0.6) is 0 Å². The average Bonchev–Trinajstić information content (AvgIpc) is 2.96. The van der Waals surface area contributed by atoms with Crippen LogP contribution in [0.25, 0.3) is 5.57 Å². The molecule has 0 bridgehead atoms. The van der Waals surface area contributed by atoms with E-state index in [1.165, 1.54) is 18.2 Å². The molecule has 5 rings (SSSR count). The third kappa shape index (κ3) is 5.55. The molecule has 1 amide bonds. The summed E-state index contributed by atoms with van der Waals surface area (Å²) in [5, 5.41) is 16.1. The van der Waals surface area contributed by atoms with Crippen LogP contribution in [0.2, 0.25) is 0 Å². The average molecular weight is 561 g/mol. The standard InChI is InChI=1S/C29H25FN4O5S/c30-29(17-15-21(16-18-29)20-7-2-1-3-8-20)28(35)33-40(38,39)23-13-14-26(27(19-23)34(36)37)32-31-25-12-6-10-22-9-4-5-11-24(22)25/h1-5,7-9,11,13-17,19,32H,6,10,12,18H2,(H,33,35). The van der Waals surface area contributed by atoms with Gasteiger partial charge >= 0.3 is 0 Å². The van der Waals surface area contributed by atoms with Gasteiger partial charge in [0.05, 0.1) is 15.5 Å². The van der Waals surface area contributed by atoms with Gasteiger partial charge < -0.3 is 0 Å². The molecule has 40 heavy (non-hydrogen) atoms. The number of nitro groups is 1. The lowest BCUT2D eigenvalue weighted by molar-refractivity contribution is -0.384. The maximum absolute atomic E-state index is 15.4. The number of carbonyl (C=O) groups excluding carboxylic acids is 1. The number of hydrazone groups is 1. The molecule has 0 fully saturated rings. The molecule has 204 valence electrons. The minimum absolute atomic E-state index is 0.0263. The van der Waals surface area contributed by atoms with Gasteiger partial charge in [0, 0.05) is 18.1 Å². The van der Waals surface area contributed by atoms with Gasteiger partial charge in [-0.15, -0.1) is 0 Å². The van der Waals surface area contributed by atoms with Crippen LogP contribution in [0.4, 0.5) is 15.8 Å². The summed E-state index contributed by atoms with van der Waals surface area (Å²) < 4.78 is 43.0. The lowest BCUT2D eigenvalue weighted by Gasteiger charge is -2.23. The monoisotopic (exact) mass is 560 g/mol. The molecule has 0 saturated heterocycles. The van der Waals surface area contributed by atoms with Gasteiger partial charge in [-0.2, -0.15) is 5.10 Å². The van der Waals surface area contributed by atoms with Crippen molar-refractivity contribution < 1.29 is 22.5 Å². The number of sulfonamides is 1. The summed E-state index contributed by atoms with van der Waals surface area (Å²) in [6.07, 6.45) is 6.04. The normalized spacial score (nSPS) is 19.4. The number of nitrogens with zero attached hydrogens (tertiary/aromatic N) is 2. The Labute approximate surface area is 230 Å². The largest absolute Gasteiger partial charge is 0.295 e. The number of carbonyl (C=O) groups is 1. The number of nitrogens with one attached hydrogen (secondary N) is 2. The van der Waals surface area contributed by atoms with Crippen LogP contribution in [0, 0.1) is 10.1 Å². The van der Waals surface area contributed by atoms with Crippen molar-refractivity contribution in [3.63, 3.8) is 0 Å². The fraction of sp³-hybridized carbons (Fsp3) is 0.172. The third-order valence-corrected chi connectivity index (χ3v) is 8.16. The SMILES string of the molecule is O=C(NS(=O)(=O)c1ccc(NN=C2CCCc3ccccc32)c([N+](=O)[O-])c1)C1(F)C=CC(c2ccccc2)=CC1. The smallest absolute Gasteiger partial charge is 0.271 e. The van der Waals surface area contributed by atoms with Gasteiger partial charge in [-0.05, 0) is 54.2 Å². The van der Waals surface area contributed by atoms with Crippen LogP contribution in [-0.4, -0.2) is 30.6 Å². The number of hydrogen-bond donors (Lipinski definition) is 2. The van der Waals surface area contributed by atoms with Crippen molar-refractivity contribution in [2.45, 2.75) is 36.2 Å². The number of anilines is 1. The Kier molecular flexibility index (Phi) is 7.31. The van der Waals surface area contributed by atoms with Crippen molar-refractivity contribution >= 4 is 38.6 Å². The van der Waals surface area contributed by atoms with Crippen molar-refractivity contribution in [3.05, 3.63) is 118 Å². The molecule has 11 heteroatoms. The maximum atomic E-state index is 15.4. The van der Waals surface area contributed by atoms with Crippen LogP contribution < -0.4 is 10.1 Å². The van der Waals surface area contributed by atoms with E-state index < -0.39 is 37.1 Å². The summed E-state index contributed by atoms with van der Waals surface area (Å²) in [7, 11) is -4.62. The van der Waals surface area contributed by atoms with E-state index in [1.54, 1.807) is 4.72 Å². The molecule has 3 aromatic carbocycles. The van der Waals surface area contributed by atoms with Crippen molar-refractivity contribution in [1.29, 1.82) is 0 Å². The van der Waals surface area contributed by atoms with Crippen LogP contribution in [0.15, 0.2) is 101 Å². The van der Waals surface area contributed by atoms with Crippen molar-refractivity contribution in [2.24, 2.45) is 5.10 Å². The predicted octanol–water partition coefficient (Wildman–Crippen LogP) is 5.30. The number of alkyl halides is 1. The highest BCUT2D eigenvalue weighted by Crippen LogP contribution is 2.32. The number of aryl methyl sites for hydroxylation is 1. The molecule has 0 aliphatic heterocycles. The van der Waals surface area contributed by atoms with Crippen LogP contribution in [0.3, 0.4) is 0 Å². The second-order valence-corrected chi connectivity index (χ2v) is 11.2. The number of allylic oxidation sites excluding steroid dienone is 3. The first-order valence-electron chi connectivity index (χ1n) is 12.6. The Morgan fingerprint density at radius 3 is 2.50 bits per heavy atom. The fourth-order valence-electron chi connectivity index (χ4n) is 4.66. The van der Waals surface area contributed by atoms with Crippen LogP contribution in [-0.2, 0) is 21.2 Å². The first kappa shape index (κ1) is 26.9. The highest BCUT2D eigenvalue weighted by molar-refractivity contribution is 7.90. The Bertz CT molecular complexity index is 1690. The number of rotatable bonds is 7. The molecule has 2 N–H and O–H groups in total. The van der Waals surface area contributed by atoms with Crippen molar-refractivity contribution in [3.8, 4) is 0 Å². The highest BCUT2D eigenvalue weighted by Gasteiger charge is 2.39. The number of halogens is 1. The van der Waals surface area contributed by atoms with E-state index in [0.29, 0.717) is 12.0 Å². The van der Waals surface area contributed by atoms with Gasteiger partial charge in [0.25, 0.3) is 21.6 Å². The Morgan fingerprint density at radius 2 is 1.77 bits per heavy atom. The zero-order valence-corrected chi connectivity index (χ0v) is 22.0. The molecule has 1 atom stereocenters. The molecule has 1 unspecified atom stereocenters.